The van der Waals surface area contributed by atoms with E-state index in [1.54, 1.807) is 0 Å². The summed E-state index contributed by atoms with van der Waals surface area (Å²) in [6.45, 7) is 3.40. The Morgan fingerprint density at radius 3 is 3.15 bits per heavy atom. The summed E-state index contributed by atoms with van der Waals surface area (Å²) in [5.74, 6) is 0. The summed E-state index contributed by atoms with van der Waals surface area (Å²) in [6.07, 6.45) is 1.04. The number of rotatable bonds is 2. The van der Waals surface area contributed by atoms with E-state index < -0.39 is 0 Å². The maximum absolute atomic E-state index is 5.53. The van der Waals surface area contributed by atoms with Crippen molar-refractivity contribution in [3.8, 4) is 0 Å². The van der Waals surface area contributed by atoms with E-state index in [2.05, 4.69) is 14.9 Å². The molecule has 0 aromatic carbocycles. The number of imidazole rings is 1. The van der Waals surface area contributed by atoms with Gasteiger partial charge in [-0.2, -0.15) is 0 Å². The normalized spacial score (nSPS) is 15.8. The Morgan fingerprint density at radius 2 is 2.38 bits per heavy atom. The quantitative estimate of drug-likeness (QED) is 0.593. The van der Waals surface area contributed by atoms with E-state index in [0.717, 1.165) is 30.8 Å². The second kappa shape index (κ2) is 3.61. The molecule has 1 aliphatic heterocycles. The third-order valence-electron chi connectivity index (χ3n) is 2.37. The molecule has 0 aliphatic carbocycles. The van der Waals surface area contributed by atoms with E-state index >= 15 is 0 Å². The van der Waals surface area contributed by atoms with Gasteiger partial charge in [-0.25, -0.2) is 0 Å². The lowest BCUT2D eigenvalue weighted by atomic mass is 10.2. The number of hydrogen-bond acceptors (Lipinski definition) is 3. The van der Waals surface area contributed by atoms with E-state index in [9.17, 15) is 0 Å². The molecule has 5 heteroatoms. The maximum atomic E-state index is 5.53. The van der Waals surface area contributed by atoms with Gasteiger partial charge in [-0.15, -0.1) is 0 Å². The maximum Gasteiger partial charge on any atom is 0.177 e. The Hall–Kier alpha value is -0.650. The van der Waals surface area contributed by atoms with Crippen LogP contribution in [0.5, 0.6) is 0 Å². The molecule has 0 radical (unpaired) electrons. The second-order valence-corrected chi connectivity index (χ2v) is 3.61. The smallest absolute Gasteiger partial charge is 0.177 e. The Bertz CT molecular complexity index is 352. The third-order valence-corrected chi connectivity index (χ3v) is 2.69. The molecule has 1 aromatic rings. The molecule has 13 heavy (non-hydrogen) atoms. The number of aromatic nitrogens is 2. The molecule has 1 aliphatic rings. The zero-order chi connectivity index (χ0) is 9.26. The fourth-order valence-corrected chi connectivity index (χ4v) is 2.10. The van der Waals surface area contributed by atoms with Crippen LogP contribution in [0, 0.1) is 4.77 Å². The molecule has 72 valence electrons. The predicted octanol–water partition coefficient (Wildman–Crippen LogP) is 0.150. The first-order chi connectivity index (χ1) is 6.33. The Balaban J connectivity index is 2.42. The van der Waals surface area contributed by atoms with Gasteiger partial charge in [0.25, 0.3) is 0 Å². The number of nitrogens with zero attached hydrogens (tertiary/aromatic N) is 1. The second-order valence-electron chi connectivity index (χ2n) is 3.22. The average Bonchev–Trinajstić information content (AvgIpc) is 2.44. The minimum absolute atomic E-state index is 0.645. The first kappa shape index (κ1) is 8.93. The molecule has 0 atom stereocenters. The van der Waals surface area contributed by atoms with Gasteiger partial charge in [-0.1, -0.05) is 0 Å². The molecule has 0 fully saturated rings. The monoisotopic (exact) mass is 198 g/mol. The zero-order valence-electron chi connectivity index (χ0n) is 7.47. The molecule has 0 bridgehead atoms. The predicted molar refractivity (Wildman–Crippen MR) is 54.1 cm³/mol. The molecule has 1 aromatic heterocycles. The van der Waals surface area contributed by atoms with Crippen LogP contribution in [0.15, 0.2) is 0 Å². The van der Waals surface area contributed by atoms with Crippen molar-refractivity contribution in [1.82, 2.24) is 14.9 Å². The van der Waals surface area contributed by atoms with Crippen molar-refractivity contribution in [3.63, 3.8) is 0 Å². The van der Waals surface area contributed by atoms with Crippen molar-refractivity contribution in [2.24, 2.45) is 5.73 Å². The van der Waals surface area contributed by atoms with Crippen molar-refractivity contribution in [2.75, 3.05) is 13.1 Å². The molecule has 0 unspecified atom stereocenters. The molecule has 4 nitrogen and oxygen atoms in total. The molecule has 4 N–H and O–H groups in total. The van der Waals surface area contributed by atoms with Crippen LogP contribution in [0.4, 0.5) is 0 Å². The number of nitrogens with two attached hydrogens (primary N) is 1. The number of hydrogen-bond donors (Lipinski definition) is 3. The lowest BCUT2D eigenvalue weighted by Gasteiger charge is -2.14. The van der Waals surface area contributed by atoms with Crippen molar-refractivity contribution in [2.45, 2.75) is 19.5 Å². The molecule has 0 spiro atoms. The fraction of sp³-hybridized carbons (Fsp3) is 0.625. The van der Waals surface area contributed by atoms with Crippen LogP contribution < -0.4 is 11.1 Å². The Morgan fingerprint density at radius 1 is 1.54 bits per heavy atom. The van der Waals surface area contributed by atoms with Crippen LogP contribution in [0.2, 0.25) is 0 Å². The lowest BCUT2D eigenvalue weighted by Crippen LogP contribution is -2.25. The SMILES string of the molecule is NCCn1c2c([nH]c1=S)CNCC2. The van der Waals surface area contributed by atoms with Crippen LogP contribution in [0.25, 0.3) is 0 Å². The van der Waals surface area contributed by atoms with Crippen LogP contribution in [0.1, 0.15) is 11.4 Å². The zero-order valence-corrected chi connectivity index (χ0v) is 8.28. The fourth-order valence-electron chi connectivity index (χ4n) is 1.77. The van der Waals surface area contributed by atoms with E-state index in [1.807, 2.05) is 0 Å². The molecule has 2 rings (SSSR count). The highest BCUT2D eigenvalue weighted by Crippen LogP contribution is 2.13. The highest BCUT2D eigenvalue weighted by atomic mass is 32.1. The first-order valence-electron chi connectivity index (χ1n) is 4.54. The number of aromatic amines is 1. The topological polar surface area (TPSA) is 58.8 Å². The van der Waals surface area contributed by atoms with Crippen molar-refractivity contribution < 1.29 is 0 Å². The summed E-state index contributed by atoms with van der Waals surface area (Å²) in [4.78, 5) is 3.21. The Kier molecular flexibility index (Phi) is 2.48. The summed E-state index contributed by atoms with van der Waals surface area (Å²) < 4.78 is 2.92. The summed E-state index contributed by atoms with van der Waals surface area (Å²) in [6, 6.07) is 0. The van der Waals surface area contributed by atoms with Gasteiger partial charge in [0.15, 0.2) is 4.77 Å². The molecule has 0 saturated carbocycles. The van der Waals surface area contributed by atoms with Gasteiger partial charge in [0.1, 0.15) is 0 Å². The van der Waals surface area contributed by atoms with E-state index in [-0.39, 0.29) is 0 Å². The average molecular weight is 198 g/mol. The van der Waals surface area contributed by atoms with Crippen molar-refractivity contribution >= 4 is 12.2 Å². The highest BCUT2D eigenvalue weighted by Gasteiger charge is 2.14. The first-order valence-corrected chi connectivity index (χ1v) is 4.95. The number of fused-ring (bicyclic) bond motifs is 1. The molecule has 0 saturated heterocycles. The van der Waals surface area contributed by atoms with Crippen LogP contribution in [0.3, 0.4) is 0 Å². The van der Waals surface area contributed by atoms with Gasteiger partial charge in [0, 0.05) is 38.3 Å². The highest BCUT2D eigenvalue weighted by molar-refractivity contribution is 7.71. The van der Waals surface area contributed by atoms with Crippen LogP contribution in [-0.2, 0) is 19.5 Å². The van der Waals surface area contributed by atoms with Gasteiger partial charge >= 0.3 is 0 Å². The van der Waals surface area contributed by atoms with Gasteiger partial charge in [0.2, 0.25) is 0 Å². The van der Waals surface area contributed by atoms with Gasteiger partial charge in [-0.3, -0.25) is 0 Å². The summed E-state index contributed by atoms with van der Waals surface area (Å²) in [7, 11) is 0. The standard InChI is InChI=1S/C8H14N4S/c9-2-4-12-7-1-3-10-5-6(7)11-8(12)13/h10H,1-5,9H2,(H,11,13). The number of nitrogens with one attached hydrogen (secondary N) is 2. The third kappa shape index (κ3) is 1.54. The minimum atomic E-state index is 0.645. The molecular weight excluding hydrogens is 184 g/mol. The summed E-state index contributed by atoms with van der Waals surface area (Å²) in [5.41, 5.74) is 8.08. The van der Waals surface area contributed by atoms with Crippen LogP contribution in [-0.4, -0.2) is 22.6 Å². The van der Waals surface area contributed by atoms with Crippen molar-refractivity contribution in [1.29, 1.82) is 0 Å². The lowest BCUT2D eigenvalue weighted by molar-refractivity contribution is 0.587. The van der Waals surface area contributed by atoms with E-state index in [0.29, 0.717) is 6.54 Å². The largest absolute Gasteiger partial charge is 0.333 e. The summed E-state index contributed by atoms with van der Waals surface area (Å²) in [5, 5.41) is 3.30. The van der Waals surface area contributed by atoms with Gasteiger partial charge < -0.3 is 20.6 Å². The molecular formula is C8H14N4S. The Labute approximate surface area is 82.1 Å². The van der Waals surface area contributed by atoms with Crippen molar-refractivity contribution in [3.05, 3.63) is 16.2 Å². The van der Waals surface area contributed by atoms with Gasteiger partial charge in [0.05, 0.1) is 5.69 Å². The molecule has 0 amide bonds. The number of H-pyrrole nitrogens is 1. The molecule has 2 heterocycles. The van der Waals surface area contributed by atoms with Gasteiger partial charge in [-0.05, 0) is 12.2 Å². The van der Waals surface area contributed by atoms with E-state index in [4.69, 9.17) is 18.0 Å². The van der Waals surface area contributed by atoms with E-state index in [1.165, 1.54) is 11.4 Å². The van der Waals surface area contributed by atoms with Crippen LogP contribution >= 0.6 is 12.2 Å². The summed E-state index contributed by atoms with van der Waals surface area (Å²) >= 11 is 5.21. The minimum Gasteiger partial charge on any atom is -0.333 e.